The van der Waals surface area contributed by atoms with E-state index in [0.29, 0.717) is 22.3 Å². The van der Waals surface area contributed by atoms with Crippen molar-refractivity contribution in [2.24, 2.45) is 5.92 Å². The van der Waals surface area contributed by atoms with Gasteiger partial charge in [-0.15, -0.1) is 0 Å². The number of aliphatic hydroxyl groups excluding tert-OH is 1. The lowest BCUT2D eigenvalue weighted by molar-refractivity contribution is -0.118. The summed E-state index contributed by atoms with van der Waals surface area (Å²) in [5.41, 5.74) is 0.885. The summed E-state index contributed by atoms with van der Waals surface area (Å²) >= 11 is 6.31. The average molecular weight is 447 g/mol. The largest absolute Gasteiger partial charge is 0.373 e. The maximum Gasteiger partial charge on any atom is 0.233 e. The van der Waals surface area contributed by atoms with Crippen molar-refractivity contribution < 1.29 is 14.1 Å². The Morgan fingerprint density at radius 1 is 1.37 bits per heavy atom. The van der Waals surface area contributed by atoms with Crippen LogP contribution in [0.1, 0.15) is 55.4 Å². The van der Waals surface area contributed by atoms with E-state index in [0.717, 1.165) is 18.4 Å². The number of hydrogen-bond acceptors (Lipinski definition) is 6. The second-order valence-electron chi connectivity index (χ2n) is 7.43. The lowest BCUT2D eigenvalue weighted by Gasteiger charge is -2.21. The zero-order valence-electron chi connectivity index (χ0n) is 16.5. The number of nitrogens with zero attached hydrogens (tertiary/aromatic N) is 3. The van der Waals surface area contributed by atoms with Crippen LogP contribution >= 0.6 is 11.6 Å². The average Bonchev–Trinajstić information content (AvgIpc) is 3.25. The number of amides is 1. The maximum absolute atomic E-state index is 13.1. The highest BCUT2D eigenvalue weighted by molar-refractivity contribution is 7.84. The highest BCUT2D eigenvalue weighted by atomic mass is 35.5. The Hall–Kier alpha value is -2.34. The smallest absolute Gasteiger partial charge is 0.233 e. The first-order valence-corrected chi connectivity index (χ1v) is 11.7. The molecule has 3 atom stereocenters. The Morgan fingerprint density at radius 2 is 2.10 bits per heavy atom. The molecule has 1 saturated carbocycles. The monoisotopic (exact) mass is 446 g/mol. The molecule has 9 heteroatoms. The predicted molar refractivity (Wildman–Crippen MR) is 114 cm³/mol. The van der Waals surface area contributed by atoms with Crippen LogP contribution < -0.4 is 5.32 Å². The van der Waals surface area contributed by atoms with Gasteiger partial charge in [0.25, 0.3) is 0 Å². The van der Waals surface area contributed by atoms with Gasteiger partial charge >= 0.3 is 0 Å². The summed E-state index contributed by atoms with van der Waals surface area (Å²) in [6.07, 6.45) is 7.99. The Bertz CT molecular complexity index is 971. The summed E-state index contributed by atoms with van der Waals surface area (Å²) in [5, 5.41) is 21.4. The quantitative estimate of drug-likeness (QED) is 0.626. The van der Waals surface area contributed by atoms with Crippen LogP contribution in [0.5, 0.6) is 0 Å². The summed E-state index contributed by atoms with van der Waals surface area (Å²) < 4.78 is 11.8. The molecule has 3 unspecified atom stereocenters. The Labute approximate surface area is 183 Å². The van der Waals surface area contributed by atoms with Gasteiger partial charge in [0.1, 0.15) is 11.8 Å². The Kier molecular flexibility index (Phi) is 7.53. The molecule has 1 aromatic heterocycles. The van der Waals surface area contributed by atoms with Gasteiger partial charge in [-0.05, 0) is 30.0 Å². The zero-order chi connectivity index (χ0) is 21.7. The van der Waals surface area contributed by atoms with E-state index in [1.807, 2.05) is 0 Å². The fourth-order valence-electron chi connectivity index (χ4n) is 3.76. The van der Waals surface area contributed by atoms with E-state index in [-0.39, 0.29) is 17.4 Å². The minimum atomic E-state index is -1.36. The highest BCUT2D eigenvalue weighted by Crippen LogP contribution is 2.36. The van der Waals surface area contributed by atoms with Crippen molar-refractivity contribution in [3.05, 3.63) is 46.9 Å². The van der Waals surface area contributed by atoms with Crippen molar-refractivity contribution in [3.8, 4) is 6.07 Å². The fourth-order valence-corrected chi connectivity index (χ4v) is 4.87. The van der Waals surface area contributed by atoms with Crippen molar-refractivity contribution in [1.29, 1.82) is 5.26 Å². The molecule has 158 valence electrons. The van der Waals surface area contributed by atoms with E-state index in [4.69, 9.17) is 16.9 Å². The number of carbonyl (C=O) groups excluding carboxylic acids is 1. The number of halogens is 1. The molecule has 0 aliphatic heterocycles. The second-order valence-corrected chi connectivity index (χ2v) is 9.19. The van der Waals surface area contributed by atoms with E-state index in [1.165, 1.54) is 25.2 Å². The van der Waals surface area contributed by atoms with Gasteiger partial charge in [0.15, 0.2) is 11.9 Å². The summed E-state index contributed by atoms with van der Waals surface area (Å²) in [7, 11) is -1.21. The molecule has 2 aromatic rings. The molecule has 1 amide bonds. The van der Waals surface area contributed by atoms with Crippen LogP contribution in [-0.2, 0) is 15.6 Å². The molecule has 1 aromatic carbocycles. The molecular weight excluding hydrogens is 424 g/mol. The van der Waals surface area contributed by atoms with Gasteiger partial charge in [0, 0.05) is 6.26 Å². The van der Waals surface area contributed by atoms with E-state index in [2.05, 4.69) is 15.3 Å². The molecule has 7 nitrogen and oxygen atoms in total. The van der Waals surface area contributed by atoms with Crippen molar-refractivity contribution in [1.82, 2.24) is 9.97 Å². The van der Waals surface area contributed by atoms with Crippen molar-refractivity contribution in [2.75, 3.05) is 11.6 Å². The standard InChI is InChI=1S/C21H23ClN4O3S/c1-30(29)19-7-6-14(9-16(19)22)15(8-13-4-2-3-5-13)21(28)26-20-12-24-17(11-25-20)18(27)10-23/h6-7,9,11-13,15,18,27H,2-5,8H2,1H3,(H,25,26,28). The SMILES string of the molecule is CS(=O)c1ccc(C(CC2CCCC2)C(=O)Nc2cnc(C(O)C#N)cn2)cc1Cl. The Morgan fingerprint density at radius 3 is 2.67 bits per heavy atom. The molecule has 0 spiro atoms. The third-order valence-corrected chi connectivity index (χ3v) is 6.75. The van der Waals surface area contributed by atoms with Crippen LogP contribution in [-0.4, -0.2) is 31.4 Å². The number of anilines is 1. The van der Waals surface area contributed by atoms with E-state index < -0.39 is 22.8 Å². The van der Waals surface area contributed by atoms with E-state index in [9.17, 15) is 14.1 Å². The minimum Gasteiger partial charge on any atom is -0.373 e. The van der Waals surface area contributed by atoms with Gasteiger partial charge in [0.2, 0.25) is 5.91 Å². The fraction of sp³-hybridized carbons (Fsp3) is 0.429. The van der Waals surface area contributed by atoms with Crippen LogP contribution in [0.3, 0.4) is 0 Å². The molecule has 1 heterocycles. The zero-order valence-corrected chi connectivity index (χ0v) is 18.1. The number of carbonyl (C=O) groups is 1. The third-order valence-electron chi connectivity index (χ3n) is 5.35. The first kappa shape index (κ1) is 22.3. The maximum atomic E-state index is 13.1. The number of nitriles is 1. The van der Waals surface area contributed by atoms with Gasteiger partial charge in [0.05, 0.1) is 39.0 Å². The normalized spacial score (nSPS) is 17.1. The predicted octanol–water partition coefficient (Wildman–Crippen LogP) is 3.73. The van der Waals surface area contributed by atoms with Crippen molar-refractivity contribution in [2.45, 2.75) is 49.0 Å². The second kappa shape index (κ2) is 10.1. The van der Waals surface area contributed by atoms with Crippen molar-refractivity contribution in [3.63, 3.8) is 0 Å². The molecular formula is C21H23ClN4O3S. The third kappa shape index (κ3) is 5.42. The number of benzene rings is 1. The molecule has 1 fully saturated rings. The summed E-state index contributed by atoms with van der Waals surface area (Å²) in [6, 6.07) is 6.90. The van der Waals surface area contributed by atoms with Gasteiger partial charge < -0.3 is 10.4 Å². The number of rotatable bonds is 7. The van der Waals surface area contributed by atoms with Crippen molar-refractivity contribution >= 4 is 34.1 Å². The lowest BCUT2D eigenvalue weighted by Crippen LogP contribution is -2.24. The van der Waals surface area contributed by atoms with E-state index >= 15 is 0 Å². The summed E-state index contributed by atoms with van der Waals surface area (Å²) in [5.74, 6) is 0.0313. The van der Waals surface area contributed by atoms with Crippen LogP contribution in [0.2, 0.25) is 5.02 Å². The van der Waals surface area contributed by atoms with Gasteiger partial charge in [-0.1, -0.05) is 43.4 Å². The number of aromatic nitrogens is 2. The van der Waals surface area contributed by atoms with Gasteiger partial charge in [-0.3, -0.25) is 14.0 Å². The van der Waals surface area contributed by atoms with Crippen LogP contribution in [0.15, 0.2) is 35.5 Å². The minimum absolute atomic E-state index is 0.118. The van der Waals surface area contributed by atoms with Crippen LogP contribution in [0.4, 0.5) is 5.82 Å². The topological polar surface area (TPSA) is 116 Å². The molecule has 2 N–H and O–H groups in total. The number of hydrogen-bond donors (Lipinski definition) is 2. The number of nitrogens with one attached hydrogen (secondary N) is 1. The van der Waals surface area contributed by atoms with Crippen LogP contribution in [0, 0.1) is 17.2 Å². The molecule has 1 aliphatic carbocycles. The summed E-state index contributed by atoms with van der Waals surface area (Å²) in [4.78, 5) is 21.7. The summed E-state index contributed by atoms with van der Waals surface area (Å²) in [6.45, 7) is 0. The first-order valence-electron chi connectivity index (χ1n) is 9.72. The van der Waals surface area contributed by atoms with Gasteiger partial charge in [-0.2, -0.15) is 5.26 Å². The highest BCUT2D eigenvalue weighted by Gasteiger charge is 2.28. The Balaban J connectivity index is 1.82. The molecule has 0 radical (unpaired) electrons. The van der Waals surface area contributed by atoms with Gasteiger partial charge in [-0.25, -0.2) is 4.98 Å². The molecule has 0 bridgehead atoms. The van der Waals surface area contributed by atoms with Crippen LogP contribution in [0.25, 0.3) is 0 Å². The molecule has 3 rings (SSSR count). The number of aliphatic hydroxyl groups is 1. The molecule has 1 aliphatic rings. The first-order chi connectivity index (χ1) is 14.4. The molecule has 30 heavy (non-hydrogen) atoms. The molecule has 0 saturated heterocycles. The lowest BCUT2D eigenvalue weighted by atomic mass is 9.87. The van der Waals surface area contributed by atoms with E-state index in [1.54, 1.807) is 30.5 Å².